The summed E-state index contributed by atoms with van der Waals surface area (Å²) in [6.45, 7) is 9.88. The van der Waals surface area contributed by atoms with Crippen LogP contribution in [0.1, 0.15) is 38.1 Å². The minimum absolute atomic E-state index is 0.324. The largest absolute Gasteiger partial charge is 0.368 e. The zero-order valence-electron chi connectivity index (χ0n) is 18.1. The summed E-state index contributed by atoms with van der Waals surface area (Å²) in [7, 11) is 2.11. The number of piperazine rings is 1. The third kappa shape index (κ3) is 3.13. The van der Waals surface area contributed by atoms with Crippen molar-refractivity contribution in [3.8, 4) is 0 Å². The molecule has 3 atom stereocenters. The highest BCUT2D eigenvalue weighted by atomic mass is 15.3. The van der Waals surface area contributed by atoms with Crippen LogP contribution >= 0.6 is 0 Å². The second kappa shape index (κ2) is 7.40. The van der Waals surface area contributed by atoms with Crippen LogP contribution in [0.15, 0.2) is 42.9 Å². The normalized spacial score (nSPS) is 23.4. The van der Waals surface area contributed by atoms with Gasteiger partial charge in [-0.2, -0.15) is 5.10 Å². The highest BCUT2D eigenvalue weighted by molar-refractivity contribution is 5.76. The Bertz CT molecular complexity index is 1090. The number of H-pyrrole nitrogens is 1. The van der Waals surface area contributed by atoms with E-state index in [-0.39, 0.29) is 0 Å². The van der Waals surface area contributed by atoms with E-state index in [1.54, 1.807) is 12.4 Å². The number of benzene rings is 1. The molecule has 5 rings (SSSR count). The van der Waals surface area contributed by atoms with E-state index in [9.17, 15) is 0 Å². The molecule has 0 amide bonds. The number of rotatable bonds is 3. The van der Waals surface area contributed by atoms with Crippen LogP contribution in [-0.4, -0.2) is 68.7 Å². The van der Waals surface area contributed by atoms with E-state index in [4.69, 9.17) is 0 Å². The molecular weight excluding hydrogens is 374 g/mol. The second-order valence-electron chi connectivity index (χ2n) is 8.63. The van der Waals surface area contributed by atoms with Crippen molar-refractivity contribution in [1.82, 2.24) is 30.0 Å². The lowest BCUT2D eigenvalue weighted by Gasteiger charge is -2.49. The van der Waals surface area contributed by atoms with Gasteiger partial charge >= 0.3 is 0 Å². The molecule has 0 saturated carbocycles. The van der Waals surface area contributed by atoms with Gasteiger partial charge in [-0.1, -0.05) is 6.07 Å². The number of aromatic nitrogens is 4. The van der Waals surface area contributed by atoms with Gasteiger partial charge in [-0.15, -0.1) is 0 Å². The molecule has 1 N–H and O–H groups in total. The maximum absolute atomic E-state index is 4.49. The number of anilines is 1. The fourth-order valence-electron chi connectivity index (χ4n) is 4.90. The first kappa shape index (κ1) is 19.1. The summed E-state index contributed by atoms with van der Waals surface area (Å²) >= 11 is 0. The van der Waals surface area contributed by atoms with Gasteiger partial charge in [0.2, 0.25) is 0 Å². The zero-order chi connectivity index (χ0) is 20.8. The Morgan fingerprint density at radius 1 is 1.07 bits per heavy atom. The maximum atomic E-state index is 4.49. The van der Waals surface area contributed by atoms with Crippen LogP contribution in [0.2, 0.25) is 0 Å². The van der Waals surface area contributed by atoms with Gasteiger partial charge in [-0.3, -0.25) is 20.0 Å². The smallest absolute Gasteiger partial charge is 0.104 e. The summed E-state index contributed by atoms with van der Waals surface area (Å²) in [5.74, 6) is 0. The van der Waals surface area contributed by atoms with Crippen molar-refractivity contribution in [3.05, 3.63) is 54.1 Å². The fourth-order valence-corrected chi connectivity index (χ4v) is 4.90. The van der Waals surface area contributed by atoms with E-state index >= 15 is 0 Å². The van der Waals surface area contributed by atoms with Crippen molar-refractivity contribution >= 4 is 22.4 Å². The van der Waals surface area contributed by atoms with Crippen LogP contribution in [0, 0.1) is 0 Å². The van der Waals surface area contributed by atoms with Crippen molar-refractivity contribution in [1.29, 1.82) is 0 Å². The predicted molar refractivity (Wildman–Crippen MR) is 120 cm³/mol. The average molecular weight is 404 g/mol. The molecular formula is C23H29N7. The number of nitrogens with zero attached hydrogens (tertiary/aromatic N) is 6. The molecule has 0 radical (unpaired) electrons. The van der Waals surface area contributed by atoms with Gasteiger partial charge in [0.25, 0.3) is 0 Å². The Morgan fingerprint density at radius 3 is 2.70 bits per heavy atom. The summed E-state index contributed by atoms with van der Waals surface area (Å²) in [5.41, 5.74) is 6.81. The molecule has 30 heavy (non-hydrogen) atoms. The molecule has 2 aliphatic rings. The zero-order valence-corrected chi connectivity index (χ0v) is 18.1. The van der Waals surface area contributed by atoms with Gasteiger partial charge < -0.3 is 9.80 Å². The second-order valence-corrected chi connectivity index (χ2v) is 8.63. The van der Waals surface area contributed by atoms with Gasteiger partial charge in [0, 0.05) is 57.2 Å². The van der Waals surface area contributed by atoms with Gasteiger partial charge in [0.1, 0.15) is 5.69 Å². The minimum Gasteiger partial charge on any atom is -0.368 e. The molecule has 0 aliphatic carbocycles. The van der Waals surface area contributed by atoms with E-state index in [1.165, 1.54) is 16.9 Å². The number of nitrogens with one attached hydrogen (secondary N) is 1. The first-order valence-electron chi connectivity index (χ1n) is 10.7. The van der Waals surface area contributed by atoms with Crippen LogP contribution in [0.25, 0.3) is 16.7 Å². The molecule has 4 heterocycles. The minimum atomic E-state index is 0.324. The van der Waals surface area contributed by atoms with Crippen molar-refractivity contribution in [2.75, 3.05) is 31.6 Å². The standard InChI is InChI=1S/C23H29N7/c1-15-14-30(21-7-10-28(4)22-12-26-27-23(21)22)16(2)13-29(15)17(3)18-5-6-19-20(11-18)25-9-8-24-19/h5-9,11-12,15-17H,10,13-14H2,1-4H3,(H,26,27)/t15-,16+,17?/m1/s1. The monoisotopic (exact) mass is 403 g/mol. The summed E-state index contributed by atoms with van der Waals surface area (Å²) < 4.78 is 0. The molecule has 3 aromatic rings. The molecule has 156 valence electrons. The summed E-state index contributed by atoms with van der Waals surface area (Å²) in [6.07, 6.45) is 7.76. The first-order valence-corrected chi connectivity index (χ1v) is 10.7. The third-order valence-corrected chi connectivity index (χ3v) is 6.66. The maximum Gasteiger partial charge on any atom is 0.104 e. The lowest BCUT2D eigenvalue weighted by molar-refractivity contribution is 0.0489. The Kier molecular flexibility index (Phi) is 4.70. The van der Waals surface area contributed by atoms with Gasteiger partial charge in [-0.25, -0.2) is 0 Å². The molecule has 7 heteroatoms. The Hall–Kier alpha value is -2.93. The Balaban J connectivity index is 1.37. The molecule has 0 spiro atoms. The van der Waals surface area contributed by atoms with E-state index in [1.807, 2.05) is 6.20 Å². The first-order chi connectivity index (χ1) is 14.5. The van der Waals surface area contributed by atoms with Crippen molar-refractivity contribution < 1.29 is 0 Å². The fraction of sp³-hybridized carbons (Fsp3) is 0.435. The molecule has 2 aliphatic heterocycles. The molecule has 1 unspecified atom stereocenters. The van der Waals surface area contributed by atoms with Crippen LogP contribution in [0.4, 0.5) is 5.69 Å². The average Bonchev–Trinajstić information content (AvgIpc) is 3.26. The van der Waals surface area contributed by atoms with Crippen LogP contribution < -0.4 is 4.90 Å². The lowest BCUT2D eigenvalue weighted by Crippen LogP contribution is -2.56. The van der Waals surface area contributed by atoms with Crippen molar-refractivity contribution in [2.24, 2.45) is 0 Å². The van der Waals surface area contributed by atoms with E-state index in [2.05, 4.69) is 87.0 Å². The van der Waals surface area contributed by atoms with Gasteiger partial charge in [0.15, 0.2) is 0 Å². The number of hydrogen-bond donors (Lipinski definition) is 1. The molecule has 1 fully saturated rings. The van der Waals surface area contributed by atoms with Crippen LogP contribution in [-0.2, 0) is 0 Å². The Labute approximate surface area is 177 Å². The number of likely N-dealkylation sites (N-methyl/N-ethyl adjacent to an activating group) is 1. The molecule has 7 nitrogen and oxygen atoms in total. The van der Waals surface area contributed by atoms with E-state index in [0.717, 1.165) is 36.4 Å². The quantitative estimate of drug-likeness (QED) is 0.724. The number of hydrogen-bond acceptors (Lipinski definition) is 6. The highest BCUT2D eigenvalue weighted by Gasteiger charge is 2.35. The highest BCUT2D eigenvalue weighted by Crippen LogP contribution is 2.36. The van der Waals surface area contributed by atoms with Gasteiger partial charge in [-0.05, 0) is 44.5 Å². The van der Waals surface area contributed by atoms with Gasteiger partial charge in [0.05, 0.1) is 28.6 Å². The molecule has 1 saturated heterocycles. The van der Waals surface area contributed by atoms with Crippen LogP contribution in [0.3, 0.4) is 0 Å². The predicted octanol–water partition coefficient (Wildman–Crippen LogP) is 3.30. The van der Waals surface area contributed by atoms with E-state index in [0.29, 0.717) is 18.1 Å². The number of fused-ring (bicyclic) bond motifs is 2. The number of aromatic amines is 1. The summed E-state index contributed by atoms with van der Waals surface area (Å²) in [4.78, 5) is 16.3. The van der Waals surface area contributed by atoms with Crippen molar-refractivity contribution in [2.45, 2.75) is 38.9 Å². The van der Waals surface area contributed by atoms with E-state index < -0.39 is 0 Å². The SMILES string of the molecule is CC(c1ccc2nccnc2c1)N1C[C@H](C)N(C2=CCN(C)c3cn[nH]c32)C[C@H]1C. The third-order valence-electron chi connectivity index (χ3n) is 6.66. The molecule has 0 bridgehead atoms. The van der Waals surface area contributed by atoms with Crippen LogP contribution in [0.5, 0.6) is 0 Å². The summed E-state index contributed by atoms with van der Waals surface area (Å²) in [5, 5.41) is 7.52. The summed E-state index contributed by atoms with van der Waals surface area (Å²) in [6, 6.07) is 7.64. The molecule has 2 aromatic heterocycles. The Morgan fingerprint density at radius 2 is 1.87 bits per heavy atom. The van der Waals surface area contributed by atoms with Crippen molar-refractivity contribution in [3.63, 3.8) is 0 Å². The topological polar surface area (TPSA) is 64.2 Å². The lowest BCUT2D eigenvalue weighted by atomic mass is 9.99. The molecule has 1 aromatic carbocycles.